The van der Waals surface area contributed by atoms with Crippen molar-refractivity contribution >= 4 is 32.7 Å². The molecule has 13 heteroatoms. The van der Waals surface area contributed by atoms with Gasteiger partial charge in [-0.2, -0.15) is 8.42 Å². The zero-order chi connectivity index (χ0) is 21.9. The molecule has 0 spiro atoms. The lowest BCUT2D eigenvalue weighted by Gasteiger charge is -2.34. The Hall–Kier alpha value is -2.58. The largest absolute Gasteiger partial charge is 0.477 e. The lowest BCUT2D eigenvalue weighted by molar-refractivity contribution is 0.0694. The third-order valence-corrected chi connectivity index (χ3v) is 4.56. The molecule has 11 nitrogen and oxygen atoms in total. The lowest BCUT2D eigenvalue weighted by Crippen LogP contribution is -2.44. The van der Waals surface area contributed by atoms with Gasteiger partial charge >= 0.3 is 5.97 Å². The number of benzene rings is 1. The van der Waals surface area contributed by atoms with Gasteiger partial charge < -0.3 is 30.4 Å². The summed E-state index contributed by atoms with van der Waals surface area (Å²) in [5.74, 6) is -1.79. The van der Waals surface area contributed by atoms with E-state index in [0.29, 0.717) is 37.1 Å². The molecule has 0 atom stereocenters. The lowest BCUT2D eigenvalue weighted by atomic mass is 10.1. The summed E-state index contributed by atoms with van der Waals surface area (Å²) in [5.41, 5.74) is 0.0326. The molecule has 2 aromatic rings. The molecule has 1 aromatic carbocycles. The van der Waals surface area contributed by atoms with E-state index in [9.17, 15) is 27.5 Å². The number of hydrogen-bond acceptors (Lipinski definition) is 6. The number of aromatic nitrogens is 1. The van der Waals surface area contributed by atoms with E-state index < -0.39 is 27.3 Å². The van der Waals surface area contributed by atoms with Gasteiger partial charge in [-0.15, -0.1) is 0 Å². The molecule has 1 aromatic heterocycles. The predicted octanol–water partition coefficient (Wildman–Crippen LogP) is -0.535. The van der Waals surface area contributed by atoms with Crippen molar-refractivity contribution in [2.45, 2.75) is 13.5 Å². The number of fused-ring (bicyclic) bond motifs is 1. The molecule has 176 valence electrons. The molecular weight excluding hydrogens is 437 g/mol. The Morgan fingerprint density at radius 3 is 2.13 bits per heavy atom. The van der Waals surface area contributed by atoms with Gasteiger partial charge in [-0.3, -0.25) is 9.35 Å². The molecule has 1 fully saturated rings. The highest BCUT2D eigenvalue weighted by Gasteiger charge is 2.21. The molecule has 0 radical (unpaired) electrons. The maximum Gasteiger partial charge on any atom is 0.341 e. The summed E-state index contributed by atoms with van der Waals surface area (Å²) in [6.07, 6.45) is 2.05. The van der Waals surface area contributed by atoms with E-state index in [1.54, 1.807) is 10.6 Å². The average Bonchev–Trinajstić information content (AvgIpc) is 2.61. The molecule has 1 aliphatic rings. The van der Waals surface area contributed by atoms with Crippen LogP contribution in [0.1, 0.15) is 17.3 Å². The topological polar surface area (TPSA) is 183 Å². The van der Waals surface area contributed by atoms with E-state index in [1.165, 1.54) is 12.3 Å². The zero-order valence-corrected chi connectivity index (χ0v) is 18.2. The van der Waals surface area contributed by atoms with Crippen molar-refractivity contribution in [3.63, 3.8) is 0 Å². The summed E-state index contributed by atoms with van der Waals surface area (Å²) in [6.45, 7) is 5.45. The predicted molar refractivity (Wildman–Crippen MR) is 115 cm³/mol. The molecule has 0 bridgehead atoms. The number of piperazine rings is 1. The summed E-state index contributed by atoms with van der Waals surface area (Å²) < 4.78 is 42.1. The van der Waals surface area contributed by atoms with Crippen LogP contribution < -0.4 is 10.3 Å². The number of carboxylic acid groups (broad SMARTS) is 1. The highest BCUT2D eigenvalue weighted by Crippen LogP contribution is 2.26. The van der Waals surface area contributed by atoms with E-state index in [0.717, 1.165) is 13.1 Å². The van der Waals surface area contributed by atoms with Crippen molar-refractivity contribution in [2.75, 3.05) is 44.4 Å². The molecule has 1 saturated heterocycles. The Kier molecular flexibility index (Phi) is 10.2. The van der Waals surface area contributed by atoms with E-state index in [-0.39, 0.29) is 21.9 Å². The van der Waals surface area contributed by atoms with Crippen molar-refractivity contribution in [3.05, 3.63) is 39.9 Å². The average molecular weight is 466 g/mol. The first-order chi connectivity index (χ1) is 13.4. The number of carboxylic acids is 1. The van der Waals surface area contributed by atoms with E-state index in [1.807, 2.05) is 18.9 Å². The SMILES string of the molecule is CCn1cc(C(=O)O)c(=O)c2cc(F)c(N3CCN(C)CC3)cc21.CS(=O)(=O)O.O.O. The summed E-state index contributed by atoms with van der Waals surface area (Å²) in [5, 5.41) is 9.28. The number of carbonyl (C=O) groups is 1. The van der Waals surface area contributed by atoms with E-state index in [2.05, 4.69) is 4.90 Å². The molecule has 3 rings (SSSR count). The number of rotatable bonds is 3. The maximum atomic E-state index is 14.6. The second kappa shape index (κ2) is 11.2. The fraction of sp³-hybridized carbons (Fsp3) is 0.444. The van der Waals surface area contributed by atoms with Crippen molar-refractivity contribution in [1.82, 2.24) is 9.47 Å². The van der Waals surface area contributed by atoms with Crippen LogP contribution in [0.25, 0.3) is 10.9 Å². The van der Waals surface area contributed by atoms with Crippen molar-refractivity contribution in [1.29, 1.82) is 0 Å². The van der Waals surface area contributed by atoms with Crippen LogP contribution in [0.2, 0.25) is 0 Å². The highest BCUT2D eigenvalue weighted by atomic mass is 32.2. The van der Waals surface area contributed by atoms with Gasteiger partial charge in [0.2, 0.25) is 5.43 Å². The number of likely N-dealkylation sites (N-methyl/N-ethyl adjacent to an activating group) is 1. The van der Waals surface area contributed by atoms with Gasteiger partial charge in [0.15, 0.2) is 0 Å². The van der Waals surface area contributed by atoms with Crippen LogP contribution in [0.4, 0.5) is 10.1 Å². The van der Waals surface area contributed by atoms with Crippen LogP contribution in [0.5, 0.6) is 0 Å². The van der Waals surface area contributed by atoms with Crippen LogP contribution in [0, 0.1) is 5.82 Å². The maximum absolute atomic E-state index is 14.6. The molecule has 0 saturated carbocycles. The molecule has 0 aliphatic carbocycles. The Morgan fingerprint density at radius 2 is 1.68 bits per heavy atom. The second-order valence-electron chi connectivity index (χ2n) is 6.81. The van der Waals surface area contributed by atoms with Gasteiger partial charge in [-0.05, 0) is 26.1 Å². The van der Waals surface area contributed by atoms with Crippen LogP contribution in [-0.2, 0) is 16.7 Å². The Morgan fingerprint density at radius 1 is 1.16 bits per heavy atom. The van der Waals surface area contributed by atoms with Crippen molar-refractivity contribution in [3.8, 4) is 0 Å². The van der Waals surface area contributed by atoms with Crippen molar-refractivity contribution in [2.24, 2.45) is 0 Å². The summed E-state index contributed by atoms with van der Waals surface area (Å²) in [4.78, 5) is 27.7. The number of halogens is 1. The van der Waals surface area contributed by atoms with Gasteiger partial charge in [-0.1, -0.05) is 0 Å². The van der Waals surface area contributed by atoms with Gasteiger partial charge in [-0.25, -0.2) is 9.18 Å². The van der Waals surface area contributed by atoms with Crippen LogP contribution in [-0.4, -0.2) is 83.9 Å². The first kappa shape index (κ1) is 28.4. The number of anilines is 1. The number of aromatic carboxylic acids is 1. The van der Waals surface area contributed by atoms with E-state index >= 15 is 0 Å². The number of nitrogens with zero attached hydrogens (tertiary/aromatic N) is 3. The van der Waals surface area contributed by atoms with Gasteiger partial charge in [0.05, 0.1) is 17.5 Å². The van der Waals surface area contributed by atoms with Crippen LogP contribution in [0.15, 0.2) is 23.1 Å². The first-order valence-electron chi connectivity index (χ1n) is 8.88. The van der Waals surface area contributed by atoms with Gasteiger partial charge in [0.25, 0.3) is 10.1 Å². The fourth-order valence-corrected chi connectivity index (χ4v) is 3.10. The molecule has 31 heavy (non-hydrogen) atoms. The number of aryl methyl sites for hydroxylation is 1. The third-order valence-electron chi connectivity index (χ3n) is 4.56. The molecule has 6 N–H and O–H groups in total. The third kappa shape index (κ3) is 7.25. The summed E-state index contributed by atoms with van der Waals surface area (Å²) >= 11 is 0. The van der Waals surface area contributed by atoms with Crippen LogP contribution >= 0.6 is 0 Å². The van der Waals surface area contributed by atoms with Crippen molar-refractivity contribution < 1.29 is 38.2 Å². The normalized spacial score (nSPS) is 14.2. The molecule has 0 amide bonds. The smallest absolute Gasteiger partial charge is 0.341 e. The minimum absolute atomic E-state index is 0. The minimum atomic E-state index is -3.67. The molecule has 2 heterocycles. The second-order valence-corrected chi connectivity index (χ2v) is 8.27. The molecular formula is C18H28FN3O8S. The van der Waals surface area contributed by atoms with Crippen LogP contribution in [0.3, 0.4) is 0 Å². The zero-order valence-electron chi connectivity index (χ0n) is 17.4. The minimum Gasteiger partial charge on any atom is -0.477 e. The Balaban J connectivity index is 0.00000116. The molecule has 0 unspecified atom stereocenters. The van der Waals surface area contributed by atoms with E-state index in [4.69, 9.17) is 4.55 Å². The Labute approximate surface area is 178 Å². The monoisotopic (exact) mass is 465 g/mol. The Bertz CT molecular complexity index is 1070. The highest BCUT2D eigenvalue weighted by molar-refractivity contribution is 7.85. The molecule has 1 aliphatic heterocycles. The summed E-state index contributed by atoms with van der Waals surface area (Å²) in [7, 11) is -1.64. The quantitative estimate of drug-likeness (QED) is 0.566. The van der Waals surface area contributed by atoms with Gasteiger partial charge in [0, 0.05) is 44.3 Å². The number of hydrogen-bond donors (Lipinski definition) is 2. The summed E-state index contributed by atoms with van der Waals surface area (Å²) in [6, 6.07) is 2.83. The fourth-order valence-electron chi connectivity index (χ4n) is 3.10. The van der Waals surface area contributed by atoms with Gasteiger partial charge in [0.1, 0.15) is 11.4 Å². The standard InChI is InChI=1S/C17H20FN3O3.CH4O3S.2H2O/c1-3-20-10-12(17(23)24)16(22)11-8-13(18)15(9-14(11)20)21-6-4-19(2)5-7-21;1-5(2,3)4;;/h8-10H,3-7H2,1-2H3,(H,23,24);1H3,(H,2,3,4);2*1H2. The first-order valence-corrected chi connectivity index (χ1v) is 10.7. The number of pyridine rings is 1.